The van der Waals surface area contributed by atoms with Gasteiger partial charge in [0.25, 0.3) is 0 Å². The van der Waals surface area contributed by atoms with Crippen LogP contribution in [0.2, 0.25) is 10.0 Å². The maximum atomic E-state index is 13.1. The van der Waals surface area contributed by atoms with Crippen LogP contribution in [0.15, 0.2) is 65.8 Å². The van der Waals surface area contributed by atoms with Gasteiger partial charge < -0.3 is 4.74 Å². The maximum Gasteiger partial charge on any atom is 0.220 e. The summed E-state index contributed by atoms with van der Waals surface area (Å²) in [6, 6.07) is 16.9. The van der Waals surface area contributed by atoms with Gasteiger partial charge in [-0.25, -0.2) is 4.39 Å². The zero-order valence-electron chi connectivity index (χ0n) is 19.3. The molecule has 0 aliphatic heterocycles. The molecule has 186 valence electrons. The molecule has 4 rings (SSSR count). The quantitative estimate of drug-likeness (QED) is 0.127. The first kappa shape index (κ1) is 25.9. The molecule has 0 radical (unpaired) electrons. The van der Waals surface area contributed by atoms with Crippen LogP contribution in [0.3, 0.4) is 0 Å². The van der Waals surface area contributed by atoms with Crippen molar-refractivity contribution in [2.24, 2.45) is 0 Å². The minimum atomic E-state index is -0.645. The lowest BCUT2D eigenvalue weighted by Gasteiger charge is -2.17. The lowest BCUT2D eigenvalue weighted by atomic mass is 10.1. The van der Waals surface area contributed by atoms with E-state index in [0.717, 1.165) is 16.8 Å². The van der Waals surface area contributed by atoms with E-state index >= 15 is 0 Å². The van der Waals surface area contributed by atoms with Crippen LogP contribution in [0.5, 0.6) is 5.75 Å². The highest BCUT2D eigenvalue weighted by Gasteiger charge is 2.26. The Morgan fingerprint density at radius 3 is 2.42 bits per heavy atom. The number of nitrogens with zero attached hydrogens (tertiary/aromatic N) is 4. The smallest absolute Gasteiger partial charge is 0.220 e. The minimum Gasteiger partial charge on any atom is -0.486 e. The van der Waals surface area contributed by atoms with E-state index in [1.54, 1.807) is 24.3 Å². The van der Waals surface area contributed by atoms with Crippen molar-refractivity contribution in [1.82, 2.24) is 14.8 Å². The summed E-state index contributed by atoms with van der Waals surface area (Å²) < 4.78 is 20.8. The van der Waals surface area contributed by atoms with E-state index in [9.17, 15) is 14.5 Å². The van der Waals surface area contributed by atoms with Crippen LogP contribution < -0.4 is 4.74 Å². The first-order chi connectivity index (χ1) is 17.2. The van der Waals surface area contributed by atoms with Gasteiger partial charge in [0.15, 0.2) is 10.9 Å². The van der Waals surface area contributed by atoms with Crippen LogP contribution in [0.1, 0.15) is 27.8 Å². The first-order valence-electron chi connectivity index (χ1n) is 10.8. The van der Waals surface area contributed by atoms with Gasteiger partial charge in [-0.1, -0.05) is 59.2 Å². The second kappa shape index (κ2) is 11.3. The highest BCUT2D eigenvalue weighted by atomic mass is 35.5. The predicted octanol–water partition coefficient (Wildman–Crippen LogP) is 7.02. The molecule has 0 saturated carbocycles. The molecule has 0 fully saturated rings. The molecule has 0 N–H and O–H groups in total. The molecule has 4 aromatic rings. The minimum absolute atomic E-state index is 0.130. The SMILES string of the molecule is Cc1cccc(-n2c(C)nnc2S[C@@H](C[N+](=O)[O-])c2cc(Cl)c(OCc3ccc(F)cc3)c(Cl)c2)c1. The normalized spacial score (nSPS) is 11.9. The molecule has 36 heavy (non-hydrogen) atoms. The third kappa shape index (κ3) is 6.16. The number of thioether (sulfide) groups is 1. The van der Waals surface area contributed by atoms with Crippen LogP contribution >= 0.6 is 35.0 Å². The van der Waals surface area contributed by atoms with E-state index in [2.05, 4.69) is 10.2 Å². The predicted molar refractivity (Wildman–Crippen MR) is 138 cm³/mol. The van der Waals surface area contributed by atoms with E-state index in [0.29, 0.717) is 16.5 Å². The van der Waals surface area contributed by atoms with Crippen molar-refractivity contribution in [3.8, 4) is 11.4 Å². The number of aromatic nitrogens is 3. The molecule has 3 aromatic carbocycles. The molecule has 0 aliphatic carbocycles. The van der Waals surface area contributed by atoms with Gasteiger partial charge in [0, 0.05) is 10.6 Å². The zero-order chi connectivity index (χ0) is 25.8. The summed E-state index contributed by atoms with van der Waals surface area (Å²) in [5.41, 5.74) is 3.21. The van der Waals surface area contributed by atoms with Gasteiger partial charge in [0.1, 0.15) is 23.5 Å². The van der Waals surface area contributed by atoms with Crippen molar-refractivity contribution in [1.29, 1.82) is 0 Å². The number of hydrogen-bond donors (Lipinski definition) is 0. The number of halogens is 3. The van der Waals surface area contributed by atoms with Crippen LogP contribution in [-0.2, 0) is 6.61 Å². The Labute approximate surface area is 221 Å². The summed E-state index contributed by atoms with van der Waals surface area (Å²) in [7, 11) is 0. The summed E-state index contributed by atoms with van der Waals surface area (Å²) in [4.78, 5) is 11.1. The van der Waals surface area contributed by atoms with Crippen LogP contribution in [0.25, 0.3) is 5.69 Å². The average Bonchev–Trinajstić information content (AvgIpc) is 3.18. The van der Waals surface area contributed by atoms with Crippen LogP contribution in [0.4, 0.5) is 4.39 Å². The Kier molecular flexibility index (Phi) is 8.13. The average molecular weight is 547 g/mol. The standard InChI is InChI=1S/C25H21Cl2FN4O3S/c1-15-4-3-5-20(10-15)32-16(2)29-30-25(32)36-23(13-31(33)34)18-11-21(26)24(22(27)12-18)35-14-17-6-8-19(28)9-7-17/h3-12,23H,13-14H2,1-2H3/t23-/m0/s1. The molecule has 7 nitrogen and oxygen atoms in total. The lowest BCUT2D eigenvalue weighted by Crippen LogP contribution is -2.11. The summed E-state index contributed by atoms with van der Waals surface area (Å²) >= 11 is 14.2. The molecule has 0 saturated heterocycles. The van der Waals surface area contributed by atoms with Gasteiger partial charge in [-0.2, -0.15) is 0 Å². The Hall–Kier alpha value is -3.14. The van der Waals surface area contributed by atoms with Crippen molar-refractivity contribution in [3.63, 3.8) is 0 Å². The van der Waals surface area contributed by atoms with Crippen LogP contribution in [-0.4, -0.2) is 26.2 Å². The van der Waals surface area contributed by atoms with E-state index < -0.39 is 10.2 Å². The monoisotopic (exact) mass is 546 g/mol. The Bertz CT molecular complexity index is 1380. The fourth-order valence-corrected chi connectivity index (χ4v) is 5.36. The Morgan fingerprint density at radius 2 is 1.78 bits per heavy atom. The molecule has 1 heterocycles. The van der Waals surface area contributed by atoms with Crippen molar-refractivity contribution in [2.75, 3.05) is 6.54 Å². The van der Waals surface area contributed by atoms with Gasteiger partial charge in [-0.3, -0.25) is 14.7 Å². The van der Waals surface area contributed by atoms with Crippen LogP contribution in [0, 0.1) is 29.8 Å². The third-order valence-corrected chi connectivity index (χ3v) is 7.05. The first-order valence-corrected chi connectivity index (χ1v) is 12.5. The third-order valence-electron chi connectivity index (χ3n) is 5.31. The van der Waals surface area contributed by atoms with E-state index in [1.807, 2.05) is 42.7 Å². The van der Waals surface area contributed by atoms with E-state index in [1.165, 1.54) is 23.9 Å². The molecule has 11 heteroatoms. The number of aryl methyl sites for hydroxylation is 2. The topological polar surface area (TPSA) is 83.1 Å². The van der Waals surface area contributed by atoms with Crippen molar-refractivity contribution < 1.29 is 14.1 Å². The summed E-state index contributed by atoms with van der Waals surface area (Å²) in [5, 5.41) is 20.3. The number of benzene rings is 3. The number of nitro groups is 1. The largest absolute Gasteiger partial charge is 0.486 e. The van der Waals surface area contributed by atoms with Crippen molar-refractivity contribution in [2.45, 2.75) is 30.9 Å². The maximum absolute atomic E-state index is 13.1. The Morgan fingerprint density at radius 1 is 1.08 bits per heavy atom. The molecule has 0 unspecified atom stereocenters. The highest BCUT2D eigenvalue weighted by molar-refractivity contribution is 7.99. The van der Waals surface area contributed by atoms with Crippen molar-refractivity contribution in [3.05, 3.63) is 109 Å². The molecule has 0 amide bonds. The van der Waals surface area contributed by atoms with Crippen molar-refractivity contribution >= 4 is 35.0 Å². The summed E-state index contributed by atoms with van der Waals surface area (Å²) in [6.07, 6.45) is 0. The molecule has 0 bridgehead atoms. The van der Waals surface area contributed by atoms with Gasteiger partial charge in [0.05, 0.1) is 10.0 Å². The number of hydrogen-bond acceptors (Lipinski definition) is 6. The van der Waals surface area contributed by atoms with Gasteiger partial charge in [-0.05, 0) is 66.9 Å². The zero-order valence-corrected chi connectivity index (χ0v) is 21.6. The summed E-state index contributed by atoms with van der Waals surface area (Å²) in [5.74, 6) is 0.556. The van der Waals surface area contributed by atoms with Gasteiger partial charge >= 0.3 is 0 Å². The molecule has 1 atom stereocenters. The molecule has 0 spiro atoms. The molecular formula is C25H21Cl2FN4O3S. The van der Waals surface area contributed by atoms with E-state index in [4.69, 9.17) is 27.9 Å². The second-order valence-corrected chi connectivity index (χ2v) is 10.0. The number of rotatable bonds is 9. The fraction of sp³-hybridized carbons (Fsp3) is 0.200. The Balaban J connectivity index is 1.62. The van der Waals surface area contributed by atoms with E-state index in [-0.39, 0.29) is 34.8 Å². The second-order valence-electron chi connectivity index (χ2n) is 8.05. The molecular weight excluding hydrogens is 526 g/mol. The number of ether oxygens (including phenoxy) is 1. The highest BCUT2D eigenvalue weighted by Crippen LogP contribution is 2.42. The van der Waals surface area contributed by atoms with Gasteiger partial charge in [0.2, 0.25) is 6.54 Å². The molecule has 1 aromatic heterocycles. The van der Waals surface area contributed by atoms with Gasteiger partial charge in [-0.15, -0.1) is 10.2 Å². The lowest BCUT2D eigenvalue weighted by molar-refractivity contribution is -0.479. The fourth-order valence-electron chi connectivity index (χ4n) is 3.60. The molecule has 0 aliphatic rings. The summed E-state index contributed by atoms with van der Waals surface area (Å²) in [6.45, 7) is 3.55.